The molecule has 0 unspecified atom stereocenters. The van der Waals surface area contributed by atoms with Crippen molar-refractivity contribution in [3.63, 3.8) is 0 Å². The lowest BCUT2D eigenvalue weighted by Crippen LogP contribution is -3.12. The Morgan fingerprint density at radius 3 is 2.61 bits per heavy atom. The number of nitrogens with one attached hydrogen (secondary N) is 2. The third-order valence-corrected chi connectivity index (χ3v) is 6.12. The molecule has 1 aliphatic heterocycles. The number of hydrogen-bond acceptors (Lipinski definition) is 2. The number of quaternary nitrogens is 1. The van der Waals surface area contributed by atoms with Gasteiger partial charge in [0.2, 0.25) is 0 Å². The van der Waals surface area contributed by atoms with Crippen LogP contribution in [0.3, 0.4) is 0 Å². The Bertz CT molecular complexity index is 814. The summed E-state index contributed by atoms with van der Waals surface area (Å²) in [7, 11) is 0. The number of rotatable bonds is 6. The molecular weight excluding hydrogens is 372 g/mol. The van der Waals surface area contributed by atoms with Gasteiger partial charge in [0.25, 0.3) is 5.91 Å². The zero-order valence-corrected chi connectivity index (χ0v) is 16.9. The smallest absolute Gasteiger partial charge is 0.258 e. The monoisotopic (exact) mass is 399 g/mol. The number of carbonyl (C=O) groups excluding carboxylic acids is 1. The Labute approximate surface area is 171 Å². The fourth-order valence-corrected chi connectivity index (χ4v) is 4.42. The third kappa shape index (κ3) is 5.06. The predicted octanol–water partition coefficient (Wildman–Crippen LogP) is 2.57. The maximum absolute atomic E-state index is 12.3. The summed E-state index contributed by atoms with van der Waals surface area (Å²) in [6.07, 6.45) is 5.52. The lowest BCUT2D eigenvalue weighted by atomic mass is 10.0. The minimum absolute atomic E-state index is 0.0216. The minimum Gasteiger partial charge on any atom is -0.484 e. The average Bonchev–Trinajstić information content (AvgIpc) is 3.17. The van der Waals surface area contributed by atoms with Crippen LogP contribution in [0.2, 0.25) is 5.02 Å². The van der Waals surface area contributed by atoms with E-state index < -0.39 is 0 Å². The number of halogens is 1. The zero-order valence-electron chi connectivity index (χ0n) is 16.2. The van der Waals surface area contributed by atoms with Crippen LogP contribution in [-0.2, 0) is 24.2 Å². The van der Waals surface area contributed by atoms with E-state index in [2.05, 4.69) is 29.6 Å². The van der Waals surface area contributed by atoms with Gasteiger partial charge in [-0.05, 0) is 54.7 Å². The Morgan fingerprint density at radius 1 is 1.07 bits per heavy atom. The quantitative estimate of drug-likeness (QED) is 0.784. The summed E-state index contributed by atoms with van der Waals surface area (Å²) in [5, 5.41) is 3.92. The first-order chi connectivity index (χ1) is 13.7. The van der Waals surface area contributed by atoms with Crippen molar-refractivity contribution < 1.29 is 14.4 Å². The van der Waals surface area contributed by atoms with Crippen molar-refractivity contribution in [2.75, 3.05) is 19.7 Å². The second kappa shape index (κ2) is 8.97. The highest BCUT2D eigenvalue weighted by atomic mass is 35.5. The van der Waals surface area contributed by atoms with Crippen molar-refractivity contribution >= 4 is 17.5 Å². The maximum Gasteiger partial charge on any atom is 0.258 e. The number of likely N-dealkylation sites (tertiary alicyclic amines) is 1. The van der Waals surface area contributed by atoms with E-state index in [0.29, 0.717) is 0 Å². The summed E-state index contributed by atoms with van der Waals surface area (Å²) in [4.78, 5) is 13.8. The minimum atomic E-state index is -0.0216. The highest BCUT2D eigenvalue weighted by molar-refractivity contribution is 6.30. The topological polar surface area (TPSA) is 42.8 Å². The van der Waals surface area contributed by atoms with Gasteiger partial charge in [0, 0.05) is 29.5 Å². The van der Waals surface area contributed by atoms with Crippen molar-refractivity contribution in [3.05, 3.63) is 64.2 Å². The summed E-state index contributed by atoms with van der Waals surface area (Å²) < 4.78 is 5.72. The fraction of sp³-hybridized carbons (Fsp3) is 0.435. The number of aryl methyl sites for hydroxylation is 2. The van der Waals surface area contributed by atoms with Crippen molar-refractivity contribution in [1.82, 2.24) is 5.32 Å². The number of hydrogen-bond donors (Lipinski definition) is 2. The van der Waals surface area contributed by atoms with Crippen LogP contribution in [-0.4, -0.2) is 31.6 Å². The maximum atomic E-state index is 12.3. The molecule has 1 fully saturated rings. The molecule has 4 nitrogen and oxygen atoms in total. The largest absolute Gasteiger partial charge is 0.484 e. The summed E-state index contributed by atoms with van der Waals surface area (Å²) in [6, 6.07) is 14.6. The van der Waals surface area contributed by atoms with Gasteiger partial charge in [0.1, 0.15) is 12.3 Å². The molecule has 0 aromatic heterocycles. The van der Waals surface area contributed by atoms with Crippen LogP contribution < -0.4 is 15.0 Å². The molecule has 1 saturated heterocycles. The summed E-state index contributed by atoms with van der Waals surface area (Å²) in [5.41, 5.74) is 4.10. The average molecular weight is 400 g/mol. The first-order valence-electron chi connectivity index (χ1n) is 10.3. The molecule has 0 saturated carbocycles. The number of benzene rings is 2. The fourth-order valence-electron chi connectivity index (χ4n) is 4.29. The Hall–Kier alpha value is -2.04. The molecule has 2 aliphatic rings. The van der Waals surface area contributed by atoms with E-state index in [1.165, 1.54) is 23.1 Å². The van der Waals surface area contributed by atoms with Crippen molar-refractivity contribution in [2.45, 2.75) is 44.7 Å². The Kier molecular flexibility index (Phi) is 6.18. The summed E-state index contributed by atoms with van der Waals surface area (Å²) >= 11 is 5.95. The first-order valence-corrected chi connectivity index (χ1v) is 10.7. The van der Waals surface area contributed by atoms with E-state index >= 15 is 0 Å². The van der Waals surface area contributed by atoms with Crippen molar-refractivity contribution in [3.8, 4) is 5.75 Å². The highest BCUT2D eigenvalue weighted by Gasteiger charge is 2.23. The molecule has 2 aromatic rings. The zero-order chi connectivity index (χ0) is 19.3. The molecule has 1 heterocycles. The number of ether oxygens (including phenoxy) is 1. The molecule has 5 heteroatoms. The second-order valence-electron chi connectivity index (χ2n) is 7.97. The van der Waals surface area contributed by atoms with Gasteiger partial charge in [-0.25, -0.2) is 0 Å². The molecule has 2 N–H and O–H groups in total. The number of fused-ring (bicyclic) bond motifs is 1. The number of piperidine rings is 1. The molecule has 0 atom stereocenters. The SMILES string of the molecule is O=C(COc1ccc2c(c1)CCC2)NC1CC[NH+](Cc2ccc(Cl)cc2)CC1. The normalized spacial score (nSPS) is 21.2. The van der Waals surface area contributed by atoms with Crippen LogP contribution >= 0.6 is 11.6 Å². The molecule has 1 aliphatic carbocycles. The van der Waals surface area contributed by atoms with Crippen LogP contribution in [0.5, 0.6) is 5.75 Å². The standard InChI is InChI=1S/C23H27ClN2O2/c24-20-7-4-17(5-8-20)15-26-12-10-21(11-13-26)25-23(27)16-28-22-9-6-18-2-1-3-19(18)14-22/h4-9,14,21H,1-3,10-13,15-16H2,(H,25,27)/p+1. The molecule has 4 rings (SSSR count). The molecular formula is C23H28ClN2O2+. The molecule has 0 radical (unpaired) electrons. The number of carbonyl (C=O) groups is 1. The van der Waals surface area contributed by atoms with Crippen LogP contribution in [0.15, 0.2) is 42.5 Å². The van der Waals surface area contributed by atoms with Crippen LogP contribution in [0, 0.1) is 0 Å². The van der Waals surface area contributed by atoms with Crippen molar-refractivity contribution in [1.29, 1.82) is 0 Å². The highest BCUT2D eigenvalue weighted by Crippen LogP contribution is 2.25. The lowest BCUT2D eigenvalue weighted by molar-refractivity contribution is -0.918. The van der Waals surface area contributed by atoms with Gasteiger partial charge >= 0.3 is 0 Å². The van der Waals surface area contributed by atoms with Gasteiger partial charge < -0.3 is 15.0 Å². The van der Waals surface area contributed by atoms with E-state index in [0.717, 1.165) is 56.1 Å². The molecule has 0 spiro atoms. The second-order valence-corrected chi connectivity index (χ2v) is 8.40. The van der Waals surface area contributed by atoms with Crippen LogP contribution in [0.1, 0.15) is 36.0 Å². The molecule has 1 amide bonds. The number of amides is 1. The predicted molar refractivity (Wildman–Crippen MR) is 111 cm³/mol. The van der Waals surface area contributed by atoms with E-state index in [1.807, 2.05) is 18.2 Å². The summed E-state index contributed by atoms with van der Waals surface area (Å²) in [6.45, 7) is 3.24. The summed E-state index contributed by atoms with van der Waals surface area (Å²) in [5.74, 6) is 0.782. The van der Waals surface area contributed by atoms with Crippen molar-refractivity contribution in [2.24, 2.45) is 0 Å². The lowest BCUT2D eigenvalue weighted by Gasteiger charge is -2.29. The molecule has 28 heavy (non-hydrogen) atoms. The van der Waals surface area contributed by atoms with E-state index in [-0.39, 0.29) is 18.6 Å². The van der Waals surface area contributed by atoms with Crippen LogP contribution in [0.4, 0.5) is 0 Å². The van der Waals surface area contributed by atoms with Gasteiger partial charge in [-0.1, -0.05) is 29.8 Å². The third-order valence-electron chi connectivity index (χ3n) is 5.87. The Balaban J connectivity index is 1.18. The molecule has 2 aromatic carbocycles. The van der Waals surface area contributed by atoms with E-state index in [1.54, 1.807) is 4.90 Å². The van der Waals surface area contributed by atoms with E-state index in [4.69, 9.17) is 16.3 Å². The van der Waals surface area contributed by atoms with Gasteiger partial charge in [-0.2, -0.15) is 0 Å². The van der Waals surface area contributed by atoms with Gasteiger partial charge in [-0.3, -0.25) is 4.79 Å². The van der Waals surface area contributed by atoms with Crippen LogP contribution in [0.25, 0.3) is 0 Å². The molecule has 0 bridgehead atoms. The van der Waals surface area contributed by atoms with Gasteiger partial charge in [-0.15, -0.1) is 0 Å². The van der Waals surface area contributed by atoms with E-state index in [9.17, 15) is 4.79 Å². The van der Waals surface area contributed by atoms with Gasteiger partial charge in [0.15, 0.2) is 6.61 Å². The first kappa shape index (κ1) is 19.3. The van der Waals surface area contributed by atoms with Gasteiger partial charge in [0.05, 0.1) is 13.1 Å². The Morgan fingerprint density at radius 2 is 1.82 bits per heavy atom. The molecule has 148 valence electrons.